The Balaban J connectivity index is 0.00000225. The Labute approximate surface area is 165 Å². The Morgan fingerprint density at radius 3 is 2.80 bits per heavy atom. The van der Waals surface area contributed by atoms with Gasteiger partial charge in [0.15, 0.2) is 4.34 Å². The van der Waals surface area contributed by atoms with E-state index < -0.39 is 5.41 Å². The van der Waals surface area contributed by atoms with Gasteiger partial charge in [-0.2, -0.15) is 0 Å². The lowest BCUT2D eigenvalue weighted by Gasteiger charge is -2.34. The molecule has 1 aromatic carbocycles. The Morgan fingerprint density at radius 2 is 2.20 bits per heavy atom. The van der Waals surface area contributed by atoms with Crippen LogP contribution in [0.2, 0.25) is 5.02 Å². The van der Waals surface area contributed by atoms with E-state index in [1.54, 1.807) is 11.6 Å². The lowest BCUT2D eigenvalue weighted by atomic mass is 9.79. The summed E-state index contributed by atoms with van der Waals surface area (Å²) in [5.74, 6) is -0.0751. The highest BCUT2D eigenvalue weighted by atomic mass is 35.5. The third-order valence-corrected chi connectivity index (χ3v) is 6.33. The van der Waals surface area contributed by atoms with Crippen LogP contribution in [0.25, 0.3) is 0 Å². The second kappa shape index (κ2) is 9.16. The molecule has 136 valence electrons. The number of hydrogen-bond acceptors (Lipinski definition) is 7. The quantitative estimate of drug-likeness (QED) is 0.769. The molecule has 3 N–H and O–H groups in total. The summed E-state index contributed by atoms with van der Waals surface area (Å²) in [6.07, 6.45) is 1.27. The molecule has 3 rings (SSSR count). The Bertz CT molecular complexity index is 710. The van der Waals surface area contributed by atoms with Crippen LogP contribution in [0.3, 0.4) is 0 Å². The van der Waals surface area contributed by atoms with E-state index in [9.17, 15) is 4.79 Å². The van der Waals surface area contributed by atoms with Crippen LogP contribution in [0.15, 0.2) is 32.9 Å². The molecule has 0 radical (unpaired) electrons. The molecule has 6 nitrogen and oxygen atoms in total. The number of amides is 1. The summed E-state index contributed by atoms with van der Waals surface area (Å²) < 4.78 is 6.16. The maximum atomic E-state index is 12.7. The van der Waals surface area contributed by atoms with Crippen molar-refractivity contribution in [1.29, 1.82) is 0 Å². The van der Waals surface area contributed by atoms with Crippen molar-refractivity contribution in [3.63, 3.8) is 0 Å². The number of hydrogen-bond donors (Lipinski definition) is 2. The van der Waals surface area contributed by atoms with E-state index in [4.69, 9.17) is 22.1 Å². The third kappa shape index (κ3) is 4.84. The summed E-state index contributed by atoms with van der Waals surface area (Å²) >= 11 is 9.22. The zero-order chi connectivity index (χ0) is 17.0. The number of aromatic nitrogens is 2. The van der Waals surface area contributed by atoms with Gasteiger partial charge in [0.25, 0.3) is 0 Å². The number of halogens is 2. The van der Waals surface area contributed by atoms with Crippen LogP contribution in [0.1, 0.15) is 12.8 Å². The maximum absolute atomic E-state index is 12.7. The zero-order valence-corrected chi connectivity index (χ0v) is 16.4. The largest absolute Gasteiger partial charge is 0.381 e. The molecule has 0 unspecified atom stereocenters. The minimum atomic E-state index is -0.565. The number of nitrogens with zero attached hydrogens (tertiary/aromatic N) is 2. The Kier molecular flexibility index (Phi) is 7.48. The number of nitrogens with two attached hydrogens (primary N) is 1. The topological polar surface area (TPSA) is 90.1 Å². The second-order valence-electron chi connectivity index (χ2n) is 5.50. The second-order valence-corrected chi connectivity index (χ2v) is 8.03. The van der Waals surface area contributed by atoms with Crippen LogP contribution < -0.4 is 11.1 Å². The van der Waals surface area contributed by atoms with Gasteiger partial charge in [0.05, 0.1) is 10.4 Å². The van der Waals surface area contributed by atoms with Gasteiger partial charge < -0.3 is 15.8 Å². The number of carbonyl (C=O) groups excluding carboxylic acids is 1. The summed E-state index contributed by atoms with van der Waals surface area (Å²) in [5.41, 5.74) is 7.63. The number of ether oxygens (including phenoxy) is 1. The van der Waals surface area contributed by atoms with E-state index in [-0.39, 0.29) is 18.3 Å². The molecule has 1 fully saturated rings. The molecular formula is C15H18Cl2N4O2S2. The van der Waals surface area contributed by atoms with Crippen molar-refractivity contribution in [3.05, 3.63) is 28.7 Å². The number of nitrogens with one attached hydrogen (secondary N) is 1. The molecule has 1 amide bonds. The van der Waals surface area contributed by atoms with Crippen LogP contribution in [0, 0.1) is 5.41 Å². The van der Waals surface area contributed by atoms with Gasteiger partial charge in [0.2, 0.25) is 5.91 Å². The van der Waals surface area contributed by atoms with Crippen molar-refractivity contribution >= 4 is 58.7 Å². The summed E-state index contributed by atoms with van der Waals surface area (Å²) in [7, 11) is 0. The van der Waals surface area contributed by atoms with Crippen LogP contribution in [-0.4, -0.2) is 35.9 Å². The fourth-order valence-electron chi connectivity index (χ4n) is 2.51. The van der Waals surface area contributed by atoms with Crippen molar-refractivity contribution in [2.75, 3.05) is 25.1 Å². The molecule has 0 aliphatic carbocycles. The Morgan fingerprint density at radius 1 is 1.44 bits per heavy atom. The van der Waals surface area contributed by atoms with Gasteiger partial charge in [0, 0.05) is 30.3 Å². The first-order valence-electron chi connectivity index (χ1n) is 7.46. The minimum Gasteiger partial charge on any atom is -0.381 e. The van der Waals surface area contributed by atoms with Gasteiger partial charge in [-0.3, -0.25) is 4.79 Å². The van der Waals surface area contributed by atoms with Crippen LogP contribution in [-0.2, 0) is 9.53 Å². The molecule has 1 saturated heterocycles. The van der Waals surface area contributed by atoms with Gasteiger partial charge in [0.1, 0.15) is 5.51 Å². The molecule has 1 aliphatic heterocycles. The van der Waals surface area contributed by atoms with E-state index >= 15 is 0 Å². The fourth-order valence-corrected chi connectivity index (χ4v) is 4.25. The van der Waals surface area contributed by atoms with Crippen LogP contribution in [0.4, 0.5) is 5.69 Å². The maximum Gasteiger partial charge on any atom is 0.232 e. The van der Waals surface area contributed by atoms with Crippen LogP contribution >= 0.6 is 47.1 Å². The minimum absolute atomic E-state index is 0. The van der Waals surface area contributed by atoms with Crippen molar-refractivity contribution in [1.82, 2.24) is 10.2 Å². The molecule has 1 aliphatic rings. The van der Waals surface area contributed by atoms with Crippen molar-refractivity contribution in [2.24, 2.45) is 11.1 Å². The number of rotatable bonds is 5. The monoisotopic (exact) mass is 420 g/mol. The highest BCUT2D eigenvalue weighted by Crippen LogP contribution is 2.36. The predicted octanol–water partition coefficient (Wildman–Crippen LogP) is 3.46. The van der Waals surface area contributed by atoms with E-state index in [0.29, 0.717) is 43.3 Å². The smallest absolute Gasteiger partial charge is 0.232 e. The third-order valence-electron chi connectivity index (χ3n) is 4.05. The summed E-state index contributed by atoms with van der Waals surface area (Å²) in [6, 6.07) is 5.44. The highest BCUT2D eigenvalue weighted by molar-refractivity contribution is 8.01. The predicted molar refractivity (Wildman–Crippen MR) is 103 cm³/mol. The molecule has 0 atom stereocenters. The lowest BCUT2D eigenvalue weighted by Crippen LogP contribution is -2.46. The first kappa shape index (κ1) is 20.4. The molecule has 10 heteroatoms. The summed E-state index contributed by atoms with van der Waals surface area (Å²) in [6.45, 7) is 1.42. The lowest BCUT2D eigenvalue weighted by molar-refractivity contribution is -0.130. The van der Waals surface area contributed by atoms with Crippen molar-refractivity contribution in [2.45, 2.75) is 22.1 Å². The fraction of sp³-hybridized carbons (Fsp3) is 0.400. The molecule has 2 heterocycles. The standard InChI is InChI=1S/C15H17ClN4O2S2.ClH/c16-11-7-10(1-2-12(11)24-14-20-18-9-23-14)19-13(21)15(8-17)3-5-22-6-4-15;/h1-2,7,9H,3-6,8,17H2,(H,19,21);1H. The number of anilines is 1. The summed E-state index contributed by atoms with van der Waals surface area (Å²) in [4.78, 5) is 13.5. The number of benzene rings is 1. The first-order valence-corrected chi connectivity index (χ1v) is 9.53. The molecule has 0 spiro atoms. The van der Waals surface area contributed by atoms with E-state index in [1.165, 1.54) is 23.1 Å². The molecule has 2 aromatic rings. The van der Waals surface area contributed by atoms with Gasteiger partial charge in [-0.05, 0) is 31.0 Å². The van der Waals surface area contributed by atoms with E-state index in [2.05, 4.69) is 15.5 Å². The molecule has 25 heavy (non-hydrogen) atoms. The average molecular weight is 421 g/mol. The SMILES string of the molecule is Cl.NCC1(C(=O)Nc2ccc(Sc3nncs3)c(Cl)c2)CCOCC1. The van der Waals surface area contributed by atoms with Gasteiger partial charge in [-0.25, -0.2) is 0 Å². The van der Waals surface area contributed by atoms with Gasteiger partial charge in [-0.1, -0.05) is 34.7 Å². The van der Waals surface area contributed by atoms with E-state index in [0.717, 1.165) is 9.24 Å². The summed E-state index contributed by atoms with van der Waals surface area (Å²) in [5, 5.41) is 11.3. The molecule has 0 saturated carbocycles. The van der Waals surface area contributed by atoms with Gasteiger partial charge >= 0.3 is 0 Å². The number of carbonyl (C=O) groups is 1. The highest BCUT2D eigenvalue weighted by Gasteiger charge is 2.38. The van der Waals surface area contributed by atoms with E-state index in [1.807, 2.05) is 12.1 Å². The van der Waals surface area contributed by atoms with Crippen molar-refractivity contribution in [3.8, 4) is 0 Å². The molecule has 0 bridgehead atoms. The van der Waals surface area contributed by atoms with Crippen LogP contribution in [0.5, 0.6) is 0 Å². The molecule has 1 aromatic heterocycles. The molecular weight excluding hydrogens is 403 g/mol. The first-order chi connectivity index (χ1) is 11.6. The Hall–Kier alpha value is -0.900. The van der Waals surface area contributed by atoms with Crippen molar-refractivity contribution < 1.29 is 9.53 Å². The van der Waals surface area contributed by atoms with Gasteiger partial charge in [-0.15, -0.1) is 22.6 Å². The normalized spacial score (nSPS) is 16.1. The zero-order valence-electron chi connectivity index (χ0n) is 13.2. The average Bonchev–Trinajstić information content (AvgIpc) is 3.11.